The van der Waals surface area contributed by atoms with E-state index in [0.717, 1.165) is 6.07 Å². The zero-order valence-electron chi connectivity index (χ0n) is 8.79. The van der Waals surface area contributed by atoms with E-state index in [1.165, 1.54) is 12.1 Å². The lowest BCUT2D eigenvalue weighted by Gasteiger charge is -2.05. The lowest BCUT2D eigenvalue weighted by molar-refractivity contribution is -0.385. The van der Waals surface area contributed by atoms with E-state index >= 15 is 0 Å². The molecule has 0 saturated carbocycles. The van der Waals surface area contributed by atoms with Crippen LogP contribution in [0.2, 0.25) is 0 Å². The van der Waals surface area contributed by atoms with Gasteiger partial charge in [0.05, 0.1) is 18.0 Å². The number of primary amides is 1. The van der Waals surface area contributed by atoms with Crippen molar-refractivity contribution >= 4 is 17.9 Å². The number of rotatable bonds is 6. The van der Waals surface area contributed by atoms with E-state index < -0.39 is 10.8 Å². The summed E-state index contributed by atoms with van der Waals surface area (Å²) in [6.45, 7) is -0.0450. The van der Waals surface area contributed by atoms with Crippen LogP contribution in [-0.4, -0.2) is 23.7 Å². The Hall–Kier alpha value is -2.44. The standard InChI is InChI=1S/C10H10N2O5/c11-10(14)3-4-17-9-2-1-7(6-13)5-8(9)12(15)16/h1-2,5-6H,3-4H2,(H2,11,14). The number of carbonyl (C=O) groups is 2. The second kappa shape index (κ2) is 5.59. The van der Waals surface area contributed by atoms with Gasteiger partial charge in [0.2, 0.25) is 5.91 Å². The first-order valence-electron chi connectivity index (χ1n) is 4.69. The van der Waals surface area contributed by atoms with Crippen molar-refractivity contribution in [1.29, 1.82) is 0 Å². The number of benzene rings is 1. The van der Waals surface area contributed by atoms with E-state index in [-0.39, 0.29) is 30.0 Å². The summed E-state index contributed by atoms with van der Waals surface area (Å²) < 4.78 is 5.05. The SMILES string of the molecule is NC(=O)CCOc1ccc(C=O)cc1[N+](=O)[O-]. The topological polar surface area (TPSA) is 113 Å². The molecular weight excluding hydrogens is 228 g/mol. The van der Waals surface area contributed by atoms with Crippen LogP contribution in [0.3, 0.4) is 0 Å². The van der Waals surface area contributed by atoms with Gasteiger partial charge in [-0.05, 0) is 12.1 Å². The molecule has 1 amide bonds. The van der Waals surface area contributed by atoms with Crippen LogP contribution in [0.15, 0.2) is 18.2 Å². The van der Waals surface area contributed by atoms with Crippen molar-refractivity contribution in [2.45, 2.75) is 6.42 Å². The average molecular weight is 238 g/mol. The van der Waals surface area contributed by atoms with Crippen molar-refractivity contribution in [2.24, 2.45) is 5.73 Å². The van der Waals surface area contributed by atoms with Crippen molar-refractivity contribution in [3.05, 3.63) is 33.9 Å². The first kappa shape index (κ1) is 12.6. The number of ether oxygens (including phenoxy) is 1. The Balaban J connectivity index is 2.86. The monoisotopic (exact) mass is 238 g/mol. The van der Waals surface area contributed by atoms with Gasteiger partial charge in [-0.3, -0.25) is 19.7 Å². The molecule has 0 atom stereocenters. The molecule has 7 nitrogen and oxygen atoms in total. The highest BCUT2D eigenvalue weighted by atomic mass is 16.6. The summed E-state index contributed by atoms with van der Waals surface area (Å²) in [5, 5.41) is 10.7. The Morgan fingerprint density at radius 1 is 1.53 bits per heavy atom. The van der Waals surface area contributed by atoms with E-state index in [1.54, 1.807) is 0 Å². The molecule has 1 aromatic carbocycles. The quantitative estimate of drug-likeness (QED) is 0.444. The summed E-state index contributed by atoms with van der Waals surface area (Å²) in [4.78, 5) is 31.0. The van der Waals surface area contributed by atoms with Crippen LogP contribution in [-0.2, 0) is 4.79 Å². The maximum Gasteiger partial charge on any atom is 0.311 e. The lowest BCUT2D eigenvalue weighted by atomic mass is 10.2. The lowest BCUT2D eigenvalue weighted by Crippen LogP contribution is -2.14. The van der Waals surface area contributed by atoms with Gasteiger partial charge in [-0.1, -0.05) is 0 Å². The highest BCUT2D eigenvalue weighted by Crippen LogP contribution is 2.27. The maximum absolute atomic E-state index is 10.7. The molecule has 17 heavy (non-hydrogen) atoms. The van der Waals surface area contributed by atoms with E-state index in [1.807, 2.05) is 0 Å². The molecule has 0 saturated heterocycles. The number of aldehydes is 1. The van der Waals surface area contributed by atoms with E-state index in [0.29, 0.717) is 6.29 Å². The first-order chi connectivity index (χ1) is 8.04. The van der Waals surface area contributed by atoms with Crippen LogP contribution in [0, 0.1) is 10.1 Å². The van der Waals surface area contributed by atoms with Crippen molar-refractivity contribution in [1.82, 2.24) is 0 Å². The highest BCUT2D eigenvalue weighted by Gasteiger charge is 2.15. The number of nitro benzene ring substituents is 1. The van der Waals surface area contributed by atoms with Gasteiger partial charge in [-0.25, -0.2) is 0 Å². The number of nitrogens with two attached hydrogens (primary N) is 1. The predicted molar refractivity (Wildman–Crippen MR) is 57.8 cm³/mol. The molecule has 0 radical (unpaired) electrons. The van der Waals surface area contributed by atoms with Gasteiger partial charge in [0, 0.05) is 11.6 Å². The van der Waals surface area contributed by atoms with Crippen molar-refractivity contribution in [3.8, 4) is 5.75 Å². The third-order valence-electron chi connectivity index (χ3n) is 1.92. The number of carbonyl (C=O) groups excluding carboxylic acids is 2. The van der Waals surface area contributed by atoms with Gasteiger partial charge in [0.15, 0.2) is 5.75 Å². The Kier molecular flexibility index (Phi) is 4.15. The largest absolute Gasteiger partial charge is 0.486 e. The van der Waals surface area contributed by atoms with E-state index in [9.17, 15) is 19.7 Å². The van der Waals surface area contributed by atoms with Gasteiger partial charge >= 0.3 is 5.69 Å². The van der Waals surface area contributed by atoms with Crippen LogP contribution in [0.5, 0.6) is 5.75 Å². The molecule has 0 aliphatic carbocycles. The number of hydrogen-bond donors (Lipinski definition) is 1. The molecule has 2 N–H and O–H groups in total. The Bertz CT molecular complexity index is 458. The third kappa shape index (κ3) is 3.56. The number of amides is 1. The summed E-state index contributed by atoms with van der Waals surface area (Å²) in [6.07, 6.45) is 0.465. The zero-order chi connectivity index (χ0) is 12.8. The smallest absolute Gasteiger partial charge is 0.311 e. The molecule has 90 valence electrons. The van der Waals surface area contributed by atoms with Gasteiger partial charge in [-0.15, -0.1) is 0 Å². The summed E-state index contributed by atoms with van der Waals surface area (Å²) in [5.74, 6) is -0.556. The summed E-state index contributed by atoms with van der Waals surface area (Å²) in [5.41, 5.74) is 4.76. The average Bonchev–Trinajstić information content (AvgIpc) is 2.28. The van der Waals surface area contributed by atoms with Gasteiger partial charge in [0.1, 0.15) is 6.29 Å². The molecule has 0 aliphatic heterocycles. The van der Waals surface area contributed by atoms with Crippen molar-refractivity contribution < 1.29 is 19.2 Å². The van der Waals surface area contributed by atoms with Crippen LogP contribution in [0.1, 0.15) is 16.8 Å². The molecule has 0 fully saturated rings. The predicted octanol–water partition coefficient (Wildman–Crippen LogP) is 0.661. The van der Waals surface area contributed by atoms with Gasteiger partial charge < -0.3 is 10.5 Å². The minimum Gasteiger partial charge on any atom is -0.486 e. The number of nitrogens with zero attached hydrogens (tertiary/aromatic N) is 1. The fourth-order valence-corrected chi connectivity index (χ4v) is 1.13. The minimum absolute atomic E-state index is 0.00171. The van der Waals surface area contributed by atoms with Crippen molar-refractivity contribution in [2.75, 3.05) is 6.61 Å². The van der Waals surface area contributed by atoms with Gasteiger partial charge in [0.25, 0.3) is 0 Å². The molecule has 0 heterocycles. The molecule has 0 bridgehead atoms. The molecule has 1 rings (SSSR count). The second-order valence-electron chi connectivity index (χ2n) is 3.17. The van der Waals surface area contributed by atoms with Crippen molar-refractivity contribution in [3.63, 3.8) is 0 Å². The third-order valence-corrected chi connectivity index (χ3v) is 1.92. The fraction of sp³-hybridized carbons (Fsp3) is 0.200. The van der Waals surface area contributed by atoms with Crippen LogP contribution in [0.4, 0.5) is 5.69 Å². The summed E-state index contributed by atoms with van der Waals surface area (Å²) >= 11 is 0. The molecule has 0 spiro atoms. The molecule has 0 unspecified atom stereocenters. The normalized spacial score (nSPS) is 9.65. The van der Waals surface area contributed by atoms with Crippen LogP contribution >= 0.6 is 0 Å². The fourth-order valence-electron chi connectivity index (χ4n) is 1.13. The number of hydrogen-bond acceptors (Lipinski definition) is 5. The zero-order valence-corrected chi connectivity index (χ0v) is 8.79. The van der Waals surface area contributed by atoms with Crippen LogP contribution < -0.4 is 10.5 Å². The molecule has 1 aromatic rings. The Labute approximate surface area is 96.3 Å². The minimum atomic E-state index is -0.660. The van der Waals surface area contributed by atoms with Gasteiger partial charge in [-0.2, -0.15) is 0 Å². The van der Waals surface area contributed by atoms with E-state index in [2.05, 4.69) is 0 Å². The highest BCUT2D eigenvalue weighted by molar-refractivity contribution is 5.77. The molecule has 7 heteroatoms. The molecule has 0 aliphatic rings. The molecule has 0 aromatic heterocycles. The maximum atomic E-state index is 10.7. The van der Waals surface area contributed by atoms with Crippen LogP contribution in [0.25, 0.3) is 0 Å². The molecular formula is C10H10N2O5. The summed E-state index contributed by atoms with van der Waals surface area (Å²) in [6, 6.07) is 3.80. The first-order valence-corrected chi connectivity index (χ1v) is 4.69. The second-order valence-corrected chi connectivity index (χ2v) is 3.17. The number of nitro groups is 1. The summed E-state index contributed by atoms with van der Waals surface area (Å²) in [7, 11) is 0. The van der Waals surface area contributed by atoms with E-state index in [4.69, 9.17) is 10.5 Å². The Morgan fingerprint density at radius 2 is 2.24 bits per heavy atom. The Morgan fingerprint density at radius 3 is 2.76 bits per heavy atom.